The first-order valence-electron chi connectivity index (χ1n) is 5.56. The Morgan fingerprint density at radius 2 is 2.19 bits per heavy atom. The molecule has 0 saturated carbocycles. The molecular formula is C12H18N2O2. The van der Waals surface area contributed by atoms with Gasteiger partial charge in [0.1, 0.15) is 0 Å². The molecule has 0 spiro atoms. The average Bonchev–Trinajstić information content (AvgIpc) is 2.24. The van der Waals surface area contributed by atoms with Gasteiger partial charge in [0.25, 0.3) is 5.91 Å². The van der Waals surface area contributed by atoms with E-state index < -0.39 is 0 Å². The zero-order chi connectivity index (χ0) is 12.1. The first kappa shape index (κ1) is 12.5. The summed E-state index contributed by atoms with van der Waals surface area (Å²) in [6.07, 6.45) is 2.41. The highest BCUT2D eigenvalue weighted by molar-refractivity contribution is 5.94. The van der Waals surface area contributed by atoms with Crippen molar-refractivity contribution in [1.29, 1.82) is 0 Å². The molecule has 0 aromatic carbocycles. The molecule has 1 aromatic heterocycles. The van der Waals surface area contributed by atoms with E-state index >= 15 is 0 Å². The van der Waals surface area contributed by atoms with E-state index in [-0.39, 0.29) is 17.5 Å². The van der Waals surface area contributed by atoms with E-state index in [0.717, 1.165) is 6.42 Å². The van der Waals surface area contributed by atoms with Crippen LogP contribution in [0.2, 0.25) is 0 Å². The van der Waals surface area contributed by atoms with E-state index in [1.807, 2.05) is 20.8 Å². The molecule has 0 fully saturated rings. The Balaban J connectivity index is 2.94. The third kappa shape index (κ3) is 2.95. The first-order valence-corrected chi connectivity index (χ1v) is 5.56. The lowest BCUT2D eigenvalue weighted by Crippen LogP contribution is -2.37. The van der Waals surface area contributed by atoms with Crippen LogP contribution in [0.4, 0.5) is 0 Å². The summed E-state index contributed by atoms with van der Waals surface area (Å²) in [6, 6.07) is 3.12. The minimum absolute atomic E-state index is 0.0806. The topological polar surface area (TPSA) is 53.2 Å². The van der Waals surface area contributed by atoms with Gasteiger partial charge in [-0.1, -0.05) is 6.92 Å². The van der Waals surface area contributed by atoms with Crippen molar-refractivity contribution in [3.8, 4) is 0 Å². The number of aromatic nitrogens is 1. The van der Waals surface area contributed by atoms with Gasteiger partial charge in [-0.15, -0.1) is 0 Å². The van der Waals surface area contributed by atoms with Crippen molar-refractivity contribution in [2.24, 2.45) is 0 Å². The summed E-state index contributed by atoms with van der Waals surface area (Å²) in [5.74, 6) is -0.0806. The highest BCUT2D eigenvalue weighted by Crippen LogP contribution is 2.07. The number of hydrogen-bond acceptors (Lipinski definition) is 2. The Bertz CT molecular complexity index is 409. The van der Waals surface area contributed by atoms with E-state index in [4.69, 9.17) is 0 Å². The number of nitrogens with one attached hydrogen (secondary N) is 1. The maximum absolute atomic E-state index is 12.1. The van der Waals surface area contributed by atoms with Gasteiger partial charge in [0.15, 0.2) is 0 Å². The van der Waals surface area contributed by atoms with Crippen LogP contribution < -0.4 is 5.56 Å². The van der Waals surface area contributed by atoms with Gasteiger partial charge in [-0.3, -0.25) is 9.59 Å². The number of hydrogen-bond donors (Lipinski definition) is 1. The van der Waals surface area contributed by atoms with Crippen molar-refractivity contribution in [3.05, 3.63) is 34.2 Å². The van der Waals surface area contributed by atoms with Gasteiger partial charge < -0.3 is 9.88 Å². The van der Waals surface area contributed by atoms with Gasteiger partial charge in [0.05, 0.1) is 0 Å². The third-order valence-electron chi connectivity index (χ3n) is 2.37. The molecule has 1 rings (SSSR count). The fourth-order valence-corrected chi connectivity index (χ4v) is 1.58. The molecule has 4 nitrogen and oxygen atoms in total. The summed E-state index contributed by atoms with van der Waals surface area (Å²) in [5, 5.41) is 0. The van der Waals surface area contributed by atoms with Gasteiger partial charge >= 0.3 is 0 Å². The molecule has 88 valence electrons. The fourth-order valence-electron chi connectivity index (χ4n) is 1.58. The van der Waals surface area contributed by atoms with Crippen LogP contribution in [-0.4, -0.2) is 28.4 Å². The number of aromatic amines is 1. The zero-order valence-corrected chi connectivity index (χ0v) is 9.99. The van der Waals surface area contributed by atoms with Crippen LogP contribution in [0.25, 0.3) is 0 Å². The number of rotatable bonds is 4. The van der Waals surface area contributed by atoms with Crippen LogP contribution in [0.3, 0.4) is 0 Å². The largest absolute Gasteiger partial charge is 0.336 e. The average molecular weight is 222 g/mol. The van der Waals surface area contributed by atoms with Crippen molar-refractivity contribution < 1.29 is 4.79 Å². The van der Waals surface area contributed by atoms with Gasteiger partial charge in [-0.05, 0) is 26.3 Å². The Kier molecular flexibility index (Phi) is 4.28. The van der Waals surface area contributed by atoms with Crippen molar-refractivity contribution in [2.45, 2.75) is 33.2 Å². The maximum Gasteiger partial charge on any atom is 0.254 e. The first-order chi connectivity index (χ1) is 7.56. The normalized spacial score (nSPS) is 10.5. The molecule has 1 heterocycles. The Hall–Kier alpha value is -1.58. The minimum Gasteiger partial charge on any atom is -0.336 e. The molecule has 0 saturated heterocycles. The maximum atomic E-state index is 12.1. The number of carbonyl (C=O) groups excluding carboxylic acids is 1. The molecule has 0 atom stereocenters. The van der Waals surface area contributed by atoms with Crippen molar-refractivity contribution in [2.75, 3.05) is 6.54 Å². The second-order valence-corrected chi connectivity index (χ2v) is 4.03. The van der Waals surface area contributed by atoms with Gasteiger partial charge in [-0.25, -0.2) is 0 Å². The molecule has 1 aromatic rings. The second kappa shape index (κ2) is 5.49. The van der Waals surface area contributed by atoms with Crippen molar-refractivity contribution >= 4 is 5.91 Å². The van der Waals surface area contributed by atoms with E-state index in [2.05, 4.69) is 4.98 Å². The molecular weight excluding hydrogens is 204 g/mol. The number of amides is 1. The smallest absolute Gasteiger partial charge is 0.254 e. The lowest BCUT2D eigenvalue weighted by Gasteiger charge is -2.26. The van der Waals surface area contributed by atoms with Crippen molar-refractivity contribution in [1.82, 2.24) is 9.88 Å². The van der Waals surface area contributed by atoms with Gasteiger partial charge in [0.2, 0.25) is 5.56 Å². The van der Waals surface area contributed by atoms with E-state index in [0.29, 0.717) is 12.1 Å². The monoisotopic (exact) mass is 222 g/mol. The number of pyridine rings is 1. The molecule has 4 heteroatoms. The molecule has 0 unspecified atom stereocenters. The summed E-state index contributed by atoms with van der Waals surface area (Å²) in [6.45, 7) is 6.69. The SMILES string of the molecule is CCCN(C(=O)c1cc[nH]c(=O)c1)C(C)C. The zero-order valence-electron chi connectivity index (χ0n) is 9.99. The summed E-state index contributed by atoms with van der Waals surface area (Å²) in [7, 11) is 0. The molecule has 1 amide bonds. The van der Waals surface area contributed by atoms with E-state index in [9.17, 15) is 9.59 Å². The van der Waals surface area contributed by atoms with E-state index in [1.54, 1.807) is 11.0 Å². The summed E-state index contributed by atoms with van der Waals surface area (Å²) in [5.41, 5.74) is 0.206. The Morgan fingerprint density at radius 3 is 2.69 bits per heavy atom. The summed E-state index contributed by atoms with van der Waals surface area (Å²) in [4.78, 5) is 27.5. The quantitative estimate of drug-likeness (QED) is 0.842. The van der Waals surface area contributed by atoms with Crippen LogP contribution in [0.15, 0.2) is 23.1 Å². The Labute approximate surface area is 95.3 Å². The van der Waals surface area contributed by atoms with Crippen LogP contribution >= 0.6 is 0 Å². The van der Waals surface area contributed by atoms with Crippen LogP contribution in [0.1, 0.15) is 37.6 Å². The second-order valence-electron chi connectivity index (χ2n) is 4.03. The third-order valence-corrected chi connectivity index (χ3v) is 2.37. The summed E-state index contributed by atoms with van der Waals surface area (Å²) >= 11 is 0. The molecule has 0 radical (unpaired) electrons. The lowest BCUT2D eigenvalue weighted by atomic mass is 10.2. The minimum atomic E-state index is -0.244. The molecule has 0 aliphatic carbocycles. The van der Waals surface area contributed by atoms with Gasteiger partial charge in [0, 0.05) is 30.4 Å². The molecule has 0 aliphatic rings. The molecule has 1 N–H and O–H groups in total. The molecule has 16 heavy (non-hydrogen) atoms. The Morgan fingerprint density at radius 1 is 1.50 bits per heavy atom. The van der Waals surface area contributed by atoms with E-state index in [1.165, 1.54) is 12.3 Å². The van der Waals surface area contributed by atoms with Crippen molar-refractivity contribution in [3.63, 3.8) is 0 Å². The number of nitrogens with zero attached hydrogens (tertiary/aromatic N) is 1. The van der Waals surface area contributed by atoms with Gasteiger partial charge in [-0.2, -0.15) is 0 Å². The fraction of sp³-hybridized carbons (Fsp3) is 0.500. The van der Waals surface area contributed by atoms with Crippen LogP contribution in [0, 0.1) is 0 Å². The predicted molar refractivity (Wildman–Crippen MR) is 63.5 cm³/mol. The lowest BCUT2D eigenvalue weighted by molar-refractivity contribution is 0.0705. The van der Waals surface area contributed by atoms with Crippen LogP contribution in [-0.2, 0) is 0 Å². The molecule has 0 aliphatic heterocycles. The van der Waals surface area contributed by atoms with Crippen LogP contribution in [0.5, 0.6) is 0 Å². The predicted octanol–water partition coefficient (Wildman–Crippen LogP) is 1.64. The highest BCUT2D eigenvalue weighted by atomic mass is 16.2. The standard InChI is InChI=1S/C12H18N2O2/c1-4-7-14(9(2)3)12(16)10-5-6-13-11(15)8-10/h5-6,8-9H,4,7H2,1-3H3,(H,13,15). The summed E-state index contributed by atoms with van der Waals surface area (Å²) < 4.78 is 0. The number of carbonyl (C=O) groups is 1. The molecule has 0 bridgehead atoms. The highest BCUT2D eigenvalue weighted by Gasteiger charge is 2.17. The number of H-pyrrole nitrogens is 1.